The first-order valence-corrected chi connectivity index (χ1v) is 9.86. The lowest BCUT2D eigenvalue weighted by molar-refractivity contribution is 0.0915. The topological polar surface area (TPSA) is 77.2 Å². The van der Waals surface area contributed by atoms with Gasteiger partial charge in [-0.15, -0.1) is 11.3 Å². The van der Waals surface area contributed by atoms with Crippen LogP contribution < -0.4 is 15.8 Å². The molecule has 3 aromatic rings. The van der Waals surface area contributed by atoms with Crippen LogP contribution in [0.3, 0.4) is 0 Å². The summed E-state index contributed by atoms with van der Waals surface area (Å²) in [5.74, 6) is 1.21. The second-order valence-corrected chi connectivity index (χ2v) is 8.09. The van der Waals surface area contributed by atoms with E-state index in [0.717, 1.165) is 33.3 Å². The fourth-order valence-corrected chi connectivity index (χ4v) is 4.73. The number of rotatable bonds is 3. The molecular formula is C20H23N3O2S. The van der Waals surface area contributed by atoms with Crippen molar-refractivity contribution >= 4 is 44.1 Å². The van der Waals surface area contributed by atoms with Crippen molar-refractivity contribution in [2.45, 2.75) is 38.6 Å². The molecule has 2 atom stereocenters. The summed E-state index contributed by atoms with van der Waals surface area (Å²) in [5.41, 5.74) is 7.70. The fraction of sp³-hybridized carbons (Fsp3) is 0.400. The summed E-state index contributed by atoms with van der Waals surface area (Å²) in [6, 6.07) is 7.97. The maximum Gasteiger partial charge on any atom is 0.263 e. The van der Waals surface area contributed by atoms with Crippen molar-refractivity contribution in [2.75, 3.05) is 12.8 Å². The molecule has 6 heteroatoms. The number of carbonyl (C=O) groups is 1. The van der Waals surface area contributed by atoms with E-state index in [2.05, 4.69) is 17.2 Å². The maximum absolute atomic E-state index is 12.8. The molecule has 0 unspecified atom stereocenters. The van der Waals surface area contributed by atoms with Crippen LogP contribution in [-0.2, 0) is 0 Å². The lowest BCUT2D eigenvalue weighted by Crippen LogP contribution is -2.40. The molecule has 5 nitrogen and oxygen atoms in total. The predicted octanol–water partition coefficient (Wildman–Crippen LogP) is 4.35. The van der Waals surface area contributed by atoms with Gasteiger partial charge in [0.25, 0.3) is 5.91 Å². The Morgan fingerprint density at radius 1 is 1.31 bits per heavy atom. The molecule has 4 rings (SSSR count). The molecule has 1 aromatic carbocycles. The second-order valence-electron chi connectivity index (χ2n) is 7.09. The van der Waals surface area contributed by atoms with Crippen molar-refractivity contribution in [3.05, 3.63) is 29.1 Å². The van der Waals surface area contributed by atoms with E-state index in [9.17, 15) is 4.79 Å². The summed E-state index contributed by atoms with van der Waals surface area (Å²) in [6.45, 7) is 2.21. The summed E-state index contributed by atoms with van der Waals surface area (Å²) in [7, 11) is 1.64. The lowest BCUT2D eigenvalue weighted by atomic mass is 9.86. The van der Waals surface area contributed by atoms with Gasteiger partial charge in [-0.2, -0.15) is 0 Å². The van der Waals surface area contributed by atoms with Crippen molar-refractivity contribution in [1.29, 1.82) is 0 Å². The minimum atomic E-state index is -0.0779. The maximum atomic E-state index is 12.8. The van der Waals surface area contributed by atoms with Crippen LogP contribution in [0.5, 0.6) is 5.75 Å². The van der Waals surface area contributed by atoms with Gasteiger partial charge in [0.1, 0.15) is 15.5 Å². The molecular weight excluding hydrogens is 346 g/mol. The van der Waals surface area contributed by atoms with Crippen molar-refractivity contribution in [1.82, 2.24) is 10.3 Å². The number of hydrogen-bond acceptors (Lipinski definition) is 5. The van der Waals surface area contributed by atoms with Gasteiger partial charge in [-0.3, -0.25) is 4.79 Å². The van der Waals surface area contributed by atoms with Crippen LogP contribution in [0.25, 0.3) is 21.1 Å². The Morgan fingerprint density at radius 2 is 2.12 bits per heavy atom. The van der Waals surface area contributed by atoms with E-state index in [0.29, 0.717) is 16.5 Å². The van der Waals surface area contributed by atoms with E-state index in [4.69, 9.17) is 10.5 Å². The molecule has 136 valence electrons. The molecule has 3 N–H and O–H groups in total. The molecule has 1 aliphatic rings. The number of aromatic nitrogens is 1. The van der Waals surface area contributed by atoms with Crippen molar-refractivity contribution in [3.63, 3.8) is 0 Å². The molecule has 1 aliphatic carbocycles. The largest absolute Gasteiger partial charge is 0.497 e. The summed E-state index contributed by atoms with van der Waals surface area (Å²) < 4.78 is 5.28. The number of fused-ring (bicyclic) bond motifs is 2. The van der Waals surface area contributed by atoms with Crippen LogP contribution in [-0.4, -0.2) is 24.0 Å². The Morgan fingerprint density at radius 3 is 2.88 bits per heavy atom. The second kappa shape index (κ2) is 6.76. The number of nitrogens with two attached hydrogens (primary N) is 1. The van der Waals surface area contributed by atoms with Gasteiger partial charge in [0, 0.05) is 16.8 Å². The molecule has 0 spiro atoms. The Hall–Kier alpha value is -2.34. The number of thiophene rings is 1. The molecule has 0 saturated heterocycles. The molecule has 26 heavy (non-hydrogen) atoms. The Bertz CT molecular complexity index is 982. The predicted molar refractivity (Wildman–Crippen MR) is 107 cm³/mol. The molecule has 1 fully saturated rings. The summed E-state index contributed by atoms with van der Waals surface area (Å²) in [6.07, 6.45) is 4.63. The molecule has 0 aliphatic heterocycles. The summed E-state index contributed by atoms with van der Waals surface area (Å²) in [5, 5.41) is 4.97. The number of methoxy groups -OCH3 is 1. The van der Waals surface area contributed by atoms with Crippen molar-refractivity contribution < 1.29 is 9.53 Å². The van der Waals surface area contributed by atoms with E-state index in [1.54, 1.807) is 7.11 Å². The lowest BCUT2D eigenvalue weighted by Gasteiger charge is -2.29. The average Bonchev–Trinajstić information content (AvgIpc) is 2.97. The third kappa shape index (κ3) is 2.98. The highest BCUT2D eigenvalue weighted by atomic mass is 32.1. The monoisotopic (exact) mass is 369 g/mol. The van der Waals surface area contributed by atoms with Crippen LogP contribution in [0.1, 0.15) is 42.3 Å². The summed E-state index contributed by atoms with van der Waals surface area (Å²) in [4.78, 5) is 18.9. The Labute approximate surface area is 156 Å². The Kier molecular flexibility index (Phi) is 4.44. The molecule has 2 heterocycles. The van der Waals surface area contributed by atoms with Crippen LogP contribution in [0, 0.1) is 5.92 Å². The number of ether oxygens (including phenoxy) is 1. The number of amides is 1. The number of benzene rings is 1. The van der Waals surface area contributed by atoms with E-state index in [1.807, 2.05) is 24.3 Å². The third-order valence-corrected chi connectivity index (χ3v) is 6.47. The molecule has 0 radical (unpaired) electrons. The first-order valence-electron chi connectivity index (χ1n) is 9.04. The number of nitrogens with one attached hydrogen (secondary N) is 1. The first kappa shape index (κ1) is 17.1. The van der Waals surface area contributed by atoms with Crippen LogP contribution in [0.2, 0.25) is 0 Å². The van der Waals surface area contributed by atoms with Crippen LogP contribution >= 0.6 is 11.3 Å². The minimum absolute atomic E-state index is 0.0779. The van der Waals surface area contributed by atoms with Gasteiger partial charge in [-0.05, 0) is 43.0 Å². The number of carbonyl (C=O) groups excluding carboxylic acids is 1. The zero-order valence-corrected chi connectivity index (χ0v) is 15.9. The highest BCUT2D eigenvalue weighted by Gasteiger charge is 2.25. The normalized spacial score (nSPS) is 20.4. The van der Waals surface area contributed by atoms with Gasteiger partial charge in [0.2, 0.25) is 0 Å². The van der Waals surface area contributed by atoms with Gasteiger partial charge in [-0.25, -0.2) is 4.98 Å². The quantitative estimate of drug-likeness (QED) is 0.719. The molecule has 1 amide bonds. The van der Waals surface area contributed by atoms with E-state index in [-0.39, 0.29) is 11.9 Å². The SMILES string of the molecule is COc1ccc2nc3sc(C(=O)N[C@H]4CCCC[C@@H]4C)c(N)c3cc2c1. The standard InChI is InChI=1S/C20H23N3O2S/c1-11-5-3-4-6-15(11)22-19(24)18-17(21)14-10-12-9-13(25-2)7-8-16(12)23-20(14)26-18/h7-11,15H,3-6,21H2,1-2H3,(H,22,24)/t11-,15-/m0/s1. The van der Waals surface area contributed by atoms with Crippen LogP contribution in [0.15, 0.2) is 24.3 Å². The molecule has 2 aromatic heterocycles. The van der Waals surface area contributed by atoms with Gasteiger partial charge in [0.05, 0.1) is 18.3 Å². The Balaban J connectivity index is 1.70. The molecule has 0 bridgehead atoms. The van der Waals surface area contributed by atoms with Crippen molar-refractivity contribution in [3.8, 4) is 5.75 Å². The smallest absolute Gasteiger partial charge is 0.263 e. The number of pyridine rings is 1. The van der Waals surface area contributed by atoms with Gasteiger partial charge in [0.15, 0.2) is 0 Å². The van der Waals surface area contributed by atoms with Gasteiger partial charge < -0.3 is 15.8 Å². The fourth-order valence-electron chi connectivity index (χ4n) is 3.74. The van der Waals surface area contributed by atoms with Gasteiger partial charge in [-0.1, -0.05) is 19.8 Å². The average molecular weight is 369 g/mol. The van der Waals surface area contributed by atoms with Crippen molar-refractivity contribution in [2.24, 2.45) is 5.92 Å². The zero-order valence-electron chi connectivity index (χ0n) is 15.0. The minimum Gasteiger partial charge on any atom is -0.497 e. The number of hydrogen-bond donors (Lipinski definition) is 2. The highest BCUT2D eigenvalue weighted by molar-refractivity contribution is 7.21. The van der Waals surface area contributed by atoms with Crippen LogP contribution in [0.4, 0.5) is 5.69 Å². The zero-order chi connectivity index (χ0) is 18.3. The number of anilines is 1. The van der Waals surface area contributed by atoms with E-state index >= 15 is 0 Å². The van der Waals surface area contributed by atoms with E-state index in [1.165, 1.54) is 30.6 Å². The highest BCUT2D eigenvalue weighted by Crippen LogP contribution is 2.35. The van der Waals surface area contributed by atoms with Gasteiger partial charge >= 0.3 is 0 Å². The number of nitrogen functional groups attached to an aromatic ring is 1. The third-order valence-electron chi connectivity index (χ3n) is 5.35. The first-order chi connectivity index (χ1) is 12.6. The molecule has 1 saturated carbocycles. The summed E-state index contributed by atoms with van der Waals surface area (Å²) >= 11 is 1.37. The number of nitrogens with zero attached hydrogens (tertiary/aromatic N) is 1. The van der Waals surface area contributed by atoms with E-state index < -0.39 is 0 Å².